The van der Waals surface area contributed by atoms with Gasteiger partial charge in [-0.25, -0.2) is 4.79 Å². The Hall–Kier alpha value is -1.75. The molecule has 0 aliphatic rings. The first kappa shape index (κ1) is 14.3. The van der Waals surface area contributed by atoms with Gasteiger partial charge < -0.3 is 19.3 Å². The Morgan fingerprint density at radius 1 is 1.28 bits per heavy atom. The fourth-order valence-electron chi connectivity index (χ4n) is 1.65. The van der Waals surface area contributed by atoms with Crippen LogP contribution in [0.25, 0.3) is 0 Å². The van der Waals surface area contributed by atoms with Gasteiger partial charge in [0.05, 0.1) is 20.8 Å². The first-order chi connectivity index (χ1) is 8.54. The van der Waals surface area contributed by atoms with Crippen LogP contribution in [0.3, 0.4) is 0 Å². The Morgan fingerprint density at radius 3 is 2.39 bits per heavy atom. The summed E-state index contributed by atoms with van der Waals surface area (Å²) in [5.74, 6) is 0.324. The molecule has 0 saturated carbocycles. The monoisotopic (exact) mass is 254 g/mol. The third kappa shape index (κ3) is 2.92. The molecule has 0 bridgehead atoms. The summed E-state index contributed by atoms with van der Waals surface area (Å²) in [6.45, 7) is 3.72. The summed E-state index contributed by atoms with van der Waals surface area (Å²) in [4.78, 5) is 11.5. The molecule has 1 N–H and O–H groups in total. The van der Waals surface area contributed by atoms with E-state index in [4.69, 9.17) is 14.2 Å². The summed E-state index contributed by atoms with van der Waals surface area (Å²) in [5.41, 5.74) is 1.17. The van der Waals surface area contributed by atoms with Crippen molar-refractivity contribution in [1.82, 2.24) is 0 Å². The van der Waals surface area contributed by atoms with Crippen LogP contribution in [0.1, 0.15) is 24.2 Å². The third-order valence-electron chi connectivity index (χ3n) is 2.55. The number of hydrogen-bond acceptors (Lipinski definition) is 5. The Morgan fingerprint density at radius 2 is 1.89 bits per heavy atom. The molecular formula is C13H18O5. The Balaban J connectivity index is 3.14. The minimum absolute atomic E-state index is 0.216. The molecule has 1 aromatic carbocycles. The smallest absolute Gasteiger partial charge is 0.339 e. The van der Waals surface area contributed by atoms with E-state index in [-0.39, 0.29) is 6.61 Å². The van der Waals surface area contributed by atoms with Gasteiger partial charge >= 0.3 is 5.97 Å². The number of aliphatic hydroxyl groups is 1. The molecule has 0 aromatic heterocycles. The molecule has 1 aromatic rings. The van der Waals surface area contributed by atoms with Gasteiger partial charge in [-0.15, -0.1) is 0 Å². The summed E-state index contributed by atoms with van der Waals surface area (Å²) in [6, 6.07) is 3.28. The summed E-state index contributed by atoms with van der Waals surface area (Å²) in [6.07, 6.45) is -1.36. The number of rotatable bonds is 5. The fraction of sp³-hybridized carbons (Fsp3) is 0.462. The molecule has 0 aliphatic heterocycles. The SMILES string of the molecule is CCOC(=O)C(O)c1cc(C)c(OC)cc1OC. The lowest BCUT2D eigenvalue weighted by Crippen LogP contribution is -2.16. The molecule has 0 heterocycles. The van der Waals surface area contributed by atoms with Crippen LogP contribution >= 0.6 is 0 Å². The lowest BCUT2D eigenvalue weighted by molar-refractivity contribution is -0.153. The maximum atomic E-state index is 11.5. The van der Waals surface area contributed by atoms with Crippen molar-refractivity contribution >= 4 is 5.97 Å². The highest BCUT2D eigenvalue weighted by Gasteiger charge is 2.23. The van der Waals surface area contributed by atoms with Crippen LogP contribution in [-0.2, 0) is 9.53 Å². The lowest BCUT2D eigenvalue weighted by Gasteiger charge is -2.16. The maximum absolute atomic E-state index is 11.5. The maximum Gasteiger partial charge on any atom is 0.339 e. The van der Waals surface area contributed by atoms with E-state index >= 15 is 0 Å². The number of hydrogen-bond donors (Lipinski definition) is 1. The zero-order chi connectivity index (χ0) is 13.7. The number of aliphatic hydroxyl groups excluding tert-OH is 1. The first-order valence-electron chi connectivity index (χ1n) is 5.62. The van der Waals surface area contributed by atoms with Crippen molar-refractivity contribution in [2.45, 2.75) is 20.0 Å². The molecule has 1 unspecified atom stereocenters. The Bertz CT molecular complexity index is 428. The summed E-state index contributed by atoms with van der Waals surface area (Å²) in [5, 5.41) is 9.92. The first-order valence-corrected chi connectivity index (χ1v) is 5.62. The number of carbonyl (C=O) groups excluding carboxylic acids is 1. The number of ether oxygens (including phenoxy) is 3. The van der Waals surface area contributed by atoms with Crippen LogP contribution in [0.4, 0.5) is 0 Å². The second-order valence-corrected chi connectivity index (χ2v) is 3.72. The van der Waals surface area contributed by atoms with E-state index in [1.807, 2.05) is 6.92 Å². The van der Waals surface area contributed by atoms with Gasteiger partial charge in [0.1, 0.15) is 11.5 Å². The summed E-state index contributed by atoms with van der Waals surface area (Å²) in [7, 11) is 3.01. The zero-order valence-electron chi connectivity index (χ0n) is 11.0. The highest BCUT2D eigenvalue weighted by molar-refractivity contribution is 5.77. The fourth-order valence-corrected chi connectivity index (χ4v) is 1.65. The van der Waals surface area contributed by atoms with Gasteiger partial charge in [0.2, 0.25) is 0 Å². The number of carbonyl (C=O) groups is 1. The van der Waals surface area contributed by atoms with Gasteiger partial charge in [0.15, 0.2) is 6.10 Å². The van der Waals surface area contributed by atoms with Gasteiger partial charge in [-0.1, -0.05) is 0 Å². The van der Waals surface area contributed by atoms with E-state index in [2.05, 4.69) is 0 Å². The van der Waals surface area contributed by atoms with Crippen LogP contribution in [0.2, 0.25) is 0 Å². The van der Waals surface area contributed by atoms with Gasteiger partial charge in [0, 0.05) is 11.6 Å². The van der Waals surface area contributed by atoms with Crippen molar-refractivity contribution in [2.24, 2.45) is 0 Å². The topological polar surface area (TPSA) is 65.0 Å². The van der Waals surface area contributed by atoms with Crippen LogP contribution in [0, 0.1) is 6.92 Å². The molecule has 0 radical (unpaired) electrons. The molecule has 5 heteroatoms. The van der Waals surface area contributed by atoms with Crippen molar-refractivity contribution in [2.75, 3.05) is 20.8 Å². The normalized spacial score (nSPS) is 11.8. The number of benzene rings is 1. The molecule has 1 rings (SSSR count). The number of esters is 1. The predicted molar refractivity (Wildman–Crippen MR) is 65.9 cm³/mol. The Labute approximate surface area is 106 Å². The summed E-state index contributed by atoms with van der Waals surface area (Å²) < 4.78 is 15.1. The highest BCUT2D eigenvalue weighted by atomic mass is 16.5. The van der Waals surface area contributed by atoms with Gasteiger partial charge in [-0.3, -0.25) is 0 Å². The molecular weight excluding hydrogens is 236 g/mol. The second-order valence-electron chi connectivity index (χ2n) is 3.72. The van der Waals surface area contributed by atoms with Crippen molar-refractivity contribution in [3.63, 3.8) is 0 Å². The molecule has 0 spiro atoms. The van der Waals surface area contributed by atoms with Crippen molar-refractivity contribution in [3.8, 4) is 11.5 Å². The molecule has 100 valence electrons. The van der Waals surface area contributed by atoms with E-state index in [1.54, 1.807) is 26.2 Å². The van der Waals surface area contributed by atoms with Gasteiger partial charge in [0.25, 0.3) is 0 Å². The third-order valence-corrected chi connectivity index (χ3v) is 2.55. The second kappa shape index (κ2) is 6.26. The van der Waals surface area contributed by atoms with Crippen molar-refractivity contribution in [3.05, 3.63) is 23.3 Å². The average molecular weight is 254 g/mol. The molecule has 0 amide bonds. The van der Waals surface area contributed by atoms with Gasteiger partial charge in [-0.2, -0.15) is 0 Å². The van der Waals surface area contributed by atoms with E-state index in [9.17, 15) is 9.90 Å². The molecule has 5 nitrogen and oxygen atoms in total. The molecule has 1 atom stereocenters. The van der Waals surface area contributed by atoms with E-state index in [1.165, 1.54) is 7.11 Å². The Kier molecular flexibility index (Phi) is 4.97. The number of methoxy groups -OCH3 is 2. The standard InChI is InChI=1S/C13H18O5/c1-5-18-13(15)12(14)9-6-8(2)10(16-3)7-11(9)17-4/h6-7,12,14H,5H2,1-4H3. The van der Waals surface area contributed by atoms with Crippen LogP contribution < -0.4 is 9.47 Å². The van der Waals surface area contributed by atoms with Crippen molar-refractivity contribution < 1.29 is 24.1 Å². The molecule has 0 aliphatic carbocycles. The number of aryl methyl sites for hydroxylation is 1. The minimum atomic E-state index is -1.36. The molecule has 0 fully saturated rings. The predicted octanol–water partition coefficient (Wildman–Crippen LogP) is 1.61. The van der Waals surface area contributed by atoms with Crippen molar-refractivity contribution in [1.29, 1.82) is 0 Å². The highest BCUT2D eigenvalue weighted by Crippen LogP contribution is 2.32. The average Bonchev–Trinajstić information content (AvgIpc) is 2.37. The largest absolute Gasteiger partial charge is 0.496 e. The quantitative estimate of drug-likeness (QED) is 0.809. The van der Waals surface area contributed by atoms with E-state index < -0.39 is 12.1 Å². The molecule has 18 heavy (non-hydrogen) atoms. The van der Waals surface area contributed by atoms with Gasteiger partial charge in [-0.05, 0) is 25.5 Å². The molecule has 0 saturated heterocycles. The van der Waals surface area contributed by atoms with Crippen LogP contribution in [0.5, 0.6) is 11.5 Å². The van der Waals surface area contributed by atoms with Crippen LogP contribution in [-0.4, -0.2) is 31.9 Å². The minimum Gasteiger partial charge on any atom is -0.496 e. The summed E-state index contributed by atoms with van der Waals surface area (Å²) >= 11 is 0. The zero-order valence-corrected chi connectivity index (χ0v) is 11.0. The van der Waals surface area contributed by atoms with E-state index in [0.717, 1.165) is 5.56 Å². The lowest BCUT2D eigenvalue weighted by atomic mass is 10.0. The van der Waals surface area contributed by atoms with E-state index in [0.29, 0.717) is 17.1 Å². The van der Waals surface area contributed by atoms with Crippen LogP contribution in [0.15, 0.2) is 12.1 Å².